The number of pyridine rings is 1. The number of nitrogens with one attached hydrogen (secondary N) is 2. The highest BCUT2D eigenvalue weighted by Crippen LogP contribution is 2.09. The van der Waals surface area contributed by atoms with Crippen LogP contribution in [0.25, 0.3) is 11.4 Å². The van der Waals surface area contributed by atoms with E-state index in [1.165, 1.54) is 6.92 Å². The fourth-order valence-electron chi connectivity index (χ4n) is 1.68. The highest BCUT2D eigenvalue weighted by atomic mass is 16.1. The molecule has 104 valence electrons. The molecule has 0 unspecified atom stereocenters. The van der Waals surface area contributed by atoms with E-state index in [2.05, 4.69) is 25.5 Å². The van der Waals surface area contributed by atoms with Crippen LogP contribution in [0.1, 0.15) is 19.0 Å². The average Bonchev–Trinajstić information content (AvgIpc) is 2.45. The lowest BCUT2D eigenvalue weighted by molar-refractivity contribution is -0.118. The molecular formula is C13H15N5O2. The number of rotatable bonds is 5. The van der Waals surface area contributed by atoms with E-state index < -0.39 is 0 Å². The van der Waals surface area contributed by atoms with Crippen LogP contribution in [0.4, 0.5) is 0 Å². The second kappa shape index (κ2) is 6.55. The first kappa shape index (κ1) is 13.9. The van der Waals surface area contributed by atoms with Gasteiger partial charge in [-0.3, -0.25) is 14.6 Å². The van der Waals surface area contributed by atoms with Gasteiger partial charge in [0.05, 0.1) is 0 Å². The Bertz CT molecular complexity index is 639. The van der Waals surface area contributed by atoms with Crippen molar-refractivity contribution in [2.75, 3.05) is 6.54 Å². The van der Waals surface area contributed by atoms with Gasteiger partial charge < -0.3 is 10.3 Å². The van der Waals surface area contributed by atoms with E-state index in [-0.39, 0.29) is 11.5 Å². The summed E-state index contributed by atoms with van der Waals surface area (Å²) in [6, 6.07) is 3.56. The van der Waals surface area contributed by atoms with E-state index in [9.17, 15) is 9.59 Å². The lowest BCUT2D eigenvalue weighted by Gasteiger charge is -2.02. The van der Waals surface area contributed by atoms with Gasteiger partial charge in [-0.05, 0) is 25.0 Å². The van der Waals surface area contributed by atoms with Crippen LogP contribution >= 0.6 is 0 Å². The number of aromatic nitrogens is 4. The molecule has 0 saturated carbocycles. The van der Waals surface area contributed by atoms with Crippen LogP contribution in [0.2, 0.25) is 0 Å². The Morgan fingerprint density at radius 2 is 2.25 bits per heavy atom. The van der Waals surface area contributed by atoms with Gasteiger partial charge in [0.1, 0.15) is 5.69 Å². The number of carbonyl (C=O) groups is 1. The van der Waals surface area contributed by atoms with Crippen LogP contribution in [-0.2, 0) is 11.2 Å². The number of carbonyl (C=O) groups excluding carboxylic acids is 1. The number of hydrogen-bond acceptors (Lipinski definition) is 5. The zero-order valence-electron chi connectivity index (χ0n) is 11.1. The zero-order valence-corrected chi connectivity index (χ0v) is 11.1. The molecule has 0 bridgehead atoms. The lowest BCUT2D eigenvalue weighted by atomic mass is 10.2. The molecule has 0 saturated heterocycles. The maximum atomic E-state index is 11.9. The normalized spacial score (nSPS) is 10.2. The molecule has 7 nitrogen and oxygen atoms in total. The van der Waals surface area contributed by atoms with Crippen molar-refractivity contribution in [3.63, 3.8) is 0 Å². The van der Waals surface area contributed by atoms with E-state index in [1.807, 2.05) is 0 Å². The van der Waals surface area contributed by atoms with Crippen molar-refractivity contribution in [1.82, 2.24) is 25.5 Å². The smallest absolute Gasteiger partial charge is 0.273 e. The van der Waals surface area contributed by atoms with Gasteiger partial charge in [0.15, 0.2) is 5.82 Å². The van der Waals surface area contributed by atoms with Crippen LogP contribution in [0, 0.1) is 0 Å². The van der Waals surface area contributed by atoms with Gasteiger partial charge in [-0.2, -0.15) is 0 Å². The summed E-state index contributed by atoms with van der Waals surface area (Å²) in [5, 5.41) is 10.6. The second-order valence-corrected chi connectivity index (χ2v) is 4.28. The van der Waals surface area contributed by atoms with E-state index >= 15 is 0 Å². The first-order chi connectivity index (χ1) is 9.66. The first-order valence-electron chi connectivity index (χ1n) is 6.27. The molecule has 20 heavy (non-hydrogen) atoms. The molecule has 0 atom stereocenters. The van der Waals surface area contributed by atoms with E-state index in [0.29, 0.717) is 36.5 Å². The minimum absolute atomic E-state index is 0.0862. The molecule has 2 rings (SSSR count). The summed E-state index contributed by atoms with van der Waals surface area (Å²) < 4.78 is 0. The first-order valence-corrected chi connectivity index (χ1v) is 6.27. The van der Waals surface area contributed by atoms with Crippen LogP contribution in [0.15, 0.2) is 29.3 Å². The number of amides is 1. The molecular weight excluding hydrogens is 258 g/mol. The van der Waals surface area contributed by atoms with Crippen LogP contribution < -0.4 is 10.9 Å². The lowest BCUT2D eigenvalue weighted by Crippen LogP contribution is -2.23. The molecule has 7 heteroatoms. The Labute approximate surface area is 115 Å². The Balaban J connectivity index is 2.03. The highest BCUT2D eigenvalue weighted by Gasteiger charge is 2.06. The summed E-state index contributed by atoms with van der Waals surface area (Å²) in [5.74, 6) is 0.311. The van der Waals surface area contributed by atoms with Crippen molar-refractivity contribution in [2.24, 2.45) is 0 Å². The number of H-pyrrole nitrogens is 1. The van der Waals surface area contributed by atoms with Crippen LogP contribution in [0.3, 0.4) is 0 Å². The molecule has 2 aromatic rings. The number of aryl methyl sites for hydroxylation is 1. The SMILES string of the molecule is CC(=O)NCCCc1nnc(-c2cccnc2)[nH]c1=O. The molecule has 0 aromatic carbocycles. The van der Waals surface area contributed by atoms with Gasteiger partial charge >= 0.3 is 0 Å². The highest BCUT2D eigenvalue weighted by molar-refractivity contribution is 5.72. The fraction of sp³-hybridized carbons (Fsp3) is 0.308. The Morgan fingerprint density at radius 1 is 1.40 bits per heavy atom. The second-order valence-electron chi connectivity index (χ2n) is 4.28. The predicted molar refractivity (Wildman–Crippen MR) is 72.9 cm³/mol. The summed E-state index contributed by atoms with van der Waals surface area (Å²) in [6.45, 7) is 1.97. The molecule has 2 heterocycles. The van der Waals surface area contributed by atoms with Gasteiger partial charge in [-0.1, -0.05) is 0 Å². The van der Waals surface area contributed by atoms with Gasteiger partial charge in [-0.15, -0.1) is 10.2 Å². The summed E-state index contributed by atoms with van der Waals surface area (Å²) in [4.78, 5) is 29.2. The maximum Gasteiger partial charge on any atom is 0.273 e. The van der Waals surface area contributed by atoms with Crippen molar-refractivity contribution in [2.45, 2.75) is 19.8 Å². The summed E-state index contributed by atoms with van der Waals surface area (Å²) in [6.07, 6.45) is 4.36. The van der Waals surface area contributed by atoms with Gasteiger partial charge in [0, 0.05) is 31.4 Å². The molecule has 0 spiro atoms. The molecule has 0 aliphatic rings. The van der Waals surface area contributed by atoms with Gasteiger partial charge in [0.25, 0.3) is 5.56 Å². The molecule has 0 aliphatic heterocycles. The van der Waals surface area contributed by atoms with Gasteiger partial charge in [-0.25, -0.2) is 0 Å². The van der Waals surface area contributed by atoms with Crippen molar-refractivity contribution in [3.05, 3.63) is 40.6 Å². The minimum Gasteiger partial charge on any atom is -0.356 e. The maximum absolute atomic E-state index is 11.9. The summed E-state index contributed by atoms with van der Waals surface area (Å²) in [5.41, 5.74) is 0.812. The van der Waals surface area contributed by atoms with E-state index in [0.717, 1.165) is 0 Å². The molecule has 2 N–H and O–H groups in total. The minimum atomic E-state index is -0.262. The topological polar surface area (TPSA) is 101 Å². The molecule has 0 fully saturated rings. The predicted octanol–water partition coefficient (Wildman–Crippen LogP) is 0.296. The van der Waals surface area contributed by atoms with Crippen LogP contribution in [0.5, 0.6) is 0 Å². The average molecular weight is 273 g/mol. The summed E-state index contributed by atoms with van der Waals surface area (Å²) >= 11 is 0. The van der Waals surface area contributed by atoms with Gasteiger partial charge in [0.2, 0.25) is 5.91 Å². The third-order valence-corrected chi connectivity index (χ3v) is 2.66. The Kier molecular flexibility index (Phi) is 4.54. The fourth-order valence-corrected chi connectivity index (χ4v) is 1.68. The van der Waals surface area contributed by atoms with E-state index in [1.54, 1.807) is 24.5 Å². The third kappa shape index (κ3) is 3.71. The standard InChI is InChI=1S/C13H15N5O2/c1-9(19)15-7-3-5-11-13(20)16-12(18-17-11)10-4-2-6-14-8-10/h2,4,6,8H,3,5,7H2,1H3,(H,15,19)(H,16,18,20). The quantitative estimate of drug-likeness (QED) is 0.763. The van der Waals surface area contributed by atoms with Crippen molar-refractivity contribution >= 4 is 5.91 Å². The van der Waals surface area contributed by atoms with Crippen molar-refractivity contribution in [3.8, 4) is 11.4 Å². The molecule has 2 aromatic heterocycles. The third-order valence-electron chi connectivity index (χ3n) is 2.66. The molecule has 1 amide bonds. The molecule has 0 radical (unpaired) electrons. The summed E-state index contributed by atoms with van der Waals surface area (Å²) in [7, 11) is 0. The van der Waals surface area contributed by atoms with E-state index in [4.69, 9.17) is 0 Å². The van der Waals surface area contributed by atoms with Crippen molar-refractivity contribution in [1.29, 1.82) is 0 Å². The van der Waals surface area contributed by atoms with Crippen molar-refractivity contribution < 1.29 is 4.79 Å². The number of aromatic amines is 1. The Morgan fingerprint density at radius 3 is 2.90 bits per heavy atom. The zero-order chi connectivity index (χ0) is 14.4. The largest absolute Gasteiger partial charge is 0.356 e. The van der Waals surface area contributed by atoms with Crippen LogP contribution in [-0.4, -0.2) is 32.6 Å². The Hall–Kier alpha value is -2.57. The molecule has 0 aliphatic carbocycles. The number of nitrogens with zero attached hydrogens (tertiary/aromatic N) is 3. The number of hydrogen-bond donors (Lipinski definition) is 2. The monoisotopic (exact) mass is 273 g/mol.